The van der Waals surface area contributed by atoms with Crippen LogP contribution in [0.25, 0.3) is 0 Å². The number of aliphatic imine (C=N–C) groups is 1. The summed E-state index contributed by atoms with van der Waals surface area (Å²) < 4.78 is 0. The van der Waals surface area contributed by atoms with Crippen LogP contribution in [0.1, 0.15) is 22.3 Å². The molecule has 1 saturated heterocycles. The molecule has 0 bridgehead atoms. The lowest BCUT2D eigenvalue weighted by atomic mass is 10.00. The Bertz CT molecular complexity index is 1050. The molecule has 1 fully saturated rings. The van der Waals surface area contributed by atoms with E-state index in [0.717, 1.165) is 31.0 Å². The molecule has 0 saturated carbocycles. The van der Waals surface area contributed by atoms with E-state index < -0.39 is 18.2 Å². The van der Waals surface area contributed by atoms with Gasteiger partial charge >= 0.3 is 6.03 Å². The van der Waals surface area contributed by atoms with Gasteiger partial charge in [0.2, 0.25) is 0 Å². The van der Waals surface area contributed by atoms with Crippen LogP contribution in [0.15, 0.2) is 53.5 Å². The largest absolute Gasteiger partial charge is 0.338 e. The van der Waals surface area contributed by atoms with Gasteiger partial charge in [-0.3, -0.25) is 10.1 Å². The molecular weight excluding hydrogens is 378 g/mol. The van der Waals surface area contributed by atoms with Crippen molar-refractivity contribution < 1.29 is 9.59 Å². The van der Waals surface area contributed by atoms with E-state index in [0.29, 0.717) is 6.54 Å². The van der Waals surface area contributed by atoms with Crippen LogP contribution in [-0.4, -0.2) is 58.4 Å². The monoisotopic (exact) mass is 403 g/mol. The third kappa shape index (κ3) is 3.10. The molecule has 0 spiro atoms. The van der Waals surface area contributed by atoms with Crippen LogP contribution in [0.4, 0.5) is 4.79 Å². The number of amides is 3. The van der Waals surface area contributed by atoms with Crippen molar-refractivity contribution in [2.45, 2.75) is 38.6 Å². The highest BCUT2D eigenvalue weighted by Gasteiger charge is 2.49. The van der Waals surface area contributed by atoms with Gasteiger partial charge in [-0.05, 0) is 30.0 Å². The standard InChI is InChI=1S/C23H25N5O2/c1-15-6-5-7-16(12-15)13-28-19-20(26(2)23(30)25-21(19)29)24-22(28)27-11-10-17-8-3-4-9-18(17)14-27/h3-9,12,19-20H,10-11,13-14H2,1-2H3,(H,25,29,30). The number of likely N-dealkylation sites (N-methyl/N-ethyl adjacent to an activating group) is 1. The highest BCUT2D eigenvalue weighted by Crippen LogP contribution is 2.29. The minimum Gasteiger partial charge on any atom is -0.338 e. The first-order valence-electron chi connectivity index (χ1n) is 10.3. The molecule has 2 aromatic rings. The SMILES string of the molecule is Cc1cccc(CN2C(N3CCc4ccccc4C3)=NC3C2C(=O)NC(=O)N3C)c1. The third-order valence-corrected chi connectivity index (χ3v) is 6.19. The molecule has 3 aliphatic heterocycles. The molecule has 2 atom stereocenters. The molecule has 5 rings (SSSR count). The van der Waals surface area contributed by atoms with Crippen LogP contribution in [-0.2, 0) is 24.3 Å². The number of urea groups is 1. The molecule has 30 heavy (non-hydrogen) atoms. The van der Waals surface area contributed by atoms with Crippen molar-refractivity contribution in [1.82, 2.24) is 20.0 Å². The Hall–Kier alpha value is -3.35. The maximum atomic E-state index is 12.8. The highest BCUT2D eigenvalue weighted by atomic mass is 16.2. The number of hydrogen-bond acceptors (Lipinski definition) is 5. The fourth-order valence-electron chi connectivity index (χ4n) is 4.62. The van der Waals surface area contributed by atoms with Crippen molar-refractivity contribution >= 4 is 17.9 Å². The number of rotatable bonds is 2. The molecule has 2 unspecified atom stereocenters. The fourth-order valence-corrected chi connectivity index (χ4v) is 4.62. The molecule has 2 aromatic carbocycles. The first-order valence-corrected chi connectivity index (χ1v) is 10.3. The van der Waals surface area contributed by atoms with Crippen molar-refractivity contribution in [3.8, 4) is 0 Å². The van der Waals surface area contributed by atoms with Gasteiger partial charge in [0.15, 0.2) is 18.2 Å². The van der Waals surface area contributed by atoms with Crippen molar-refractivity contribution in [3.63, 3.8) is 0 Å². The normalized spacial score (nSPS) is 23.1. The van der Waals surface area contributed by atoms with E-state index in [4.69, 9.17) is 4.99 Å². The van der Waals surface area contributed by atoms with Gasteiger partial charge in [0.25, 0.3) is 5.91 Å². The summed E-state index contributed by atoms with van der Waals surface area (Å²) in [5.74, 6) is 0.504. The summed E-state index contributed by atoms with van der Waals surface area (Å²) in [4.78, 5) is 35.8. The number of carbonyl (C=O) groups excluding carboxylic acids is 2. The zero-order chi connectivity index (χ0) is 20.8. The van der Waals surface area contributed by atoms with Crippen molar-refractivity contribution in [1.29, 1.82) is 0 Å². The van der Waals surface area contributed by atoms with Gasteiger partial charge in [0, 0.05) is 26.7 Å². The number of carbonyl (C=O) groups is 2. The summed E-state index contributed by atoms with van der Waals surface area (Å²) in [6.07, 6.45) is 0.423. The lowest BCUT2D eigenvalue weighted by molar-refractivity contribution is -0.127. The Morgan fingerprint density at radius 2 is 1.90 bits per heavy atom. The van der Waals surface area contributed by atoms with Crippen LogP contribution < -0.4 is 5.32 Å². The van der Waals surface area contributed by atoms with Gasteiger partial charge in [0.05, 0.1) is 0 Å². The second kappa shape index (κ2) is 7.16. The van der Waals surface area contributed by atoms with Crippen LogP contribution >= 0.6 is 0 Å². The quantitative estimate of drug-likeness (QED) is 0.834. The van der Waals surface area contributed by atoms with Crippen LogP contribution in [0.3, 0.4) is 0 Å². The molecule has 0 aromatic heterocycles. The Kier molecular flexibility index (Phi) is 4.46. The predicted molar refractivity (Wildman–Crippen MR) is 114 cm³/mol. The zero-order valence-electron chi connectivity index (χ0n) is 17.2. The minimum atomic E-state index is -0.527. The highest BCUT2D eigenvalue weighted by molar-refractivity contribution is 6.03. The second-order valence-electron chi connectivity index (χ2n) is 8.25. The van der Waals surface area contributed by atoms with Gasteiger partial charge in [-0.15, -0.1) is 0 Å². The van der Waals surface area contributed by atoms with Crippen LogP contribution in [0, 0.1) is 6.92 Å². The first-order chi connectivity index (χ1) is 14.5. The van der Waals surface area contributed by atoms with E-state index >= 15 is 0 Å². The number of fused-ring (bicyclic) bond motifs is 2. The number of hydrogen-bond donors (Lipinski definition) is 1. The average Bonchev–Trinajstić information content (AvgIpc) is 3.11. The third-order valence-electron chi connectivity index (χ3n) is 6.19. The molecule has 3 aliphatic rings. The molecule has 7 nitrogen and oxygen atoms in total. The van der Waals surface area contributed by atoms with E-state index in [1.165, 1.54) is 21.6 Å². The van der Waals surface area contributed by atoms with Crippen LogP contribution in [0.2, 0.25) is 0 Å². The number of imide groups is 1. The van der Waals surface area contributed by atoms with Gasteiger partial charge in [-0.1, -0.05) is 54.1 Å². The lowest BCUT2D eigenvalue weighted by Gasteiger charge is -2.39. The van der Waals surface area contributed by atoms with E-state index in [1.807, 2.05) is 6.07 Å². The summed E-state index contributed by atoms with van der Waals surface area (Å²) in [6.45, 7) is 4.21. The number of guanidine groups is 1. The van der Waals surface area contributed by atoms with Gasteiger partial charge in [-0.25, -0.2) is 9.79 Å². The van der Waals surface area contributed by atoms with E-state index in [1.54, 1.807) is 7.05 Å². The molecule has 1 N–H and O–H groups in total. The van der Waals surface area contributed by atoms with Gasteiger partial charge in [0.1, 0.15) is 0 Å². The summed E-state index contributed by atoms with van der Waals surface area (Å²) in [6, 6.07) is 15.8. The van der Waals surface area contributed by atoms with E-state index in [2.05, 4.69) is 64.5 Å². The van der Waals surface area contributed by atoms with Crippen molar-refractivity contribution in [3.05, 3.63) is 70.8 Å². The molecule has 7 heteroatoms. The Labute approximate surface area is 176 Å². The fraction of sp³-hybridized carbons (Fsp3) is 0.348. The topological polar surface area (TPSA) is 68.2 Å². The molecule has 154 valence electrons. The van der Waals surface area contributed by atoms with E-state index in [9.17, 15) is 9.59 Å². The molecular formula is C23H25N5O2. The summed E-state index contributed by atoms with van der Waals surface area (Å²) >= 11 is 0. The van der Waals surface area contributed by atoms with Gasteiger partial charge in [-0.2, -0.15) is 0 Å². The minimum absolute atomic E-state index is 0.285. The summed E-state index contributed by atoms with van der Waals surface area (Å²) in [5, 5.41) is 2.48. The molecule has 3 heterocycles. The van der Waals surface area contributed by atoms with Gasteiger partial charge < -0.3 is 14.7 Å². The van der Waals surface area contributed by atoms with Crippen molar-refractivity contribution in [2.24, 2.45) is 4.99 Å². The number of nitrogens with zero attached hydrogens (tertiary/aromatic N) is 4. The molecule has 3 amide bonds. The second-order valence-corrected chi connectivity index (χ2v) is 8.25. The Morgan fingerprint density at radius 3 is 2.70 bits per heavy atom. The summed E-state index contributed by atoms with van der Waals surface area (Å²) in [7, 11) is 1.70. The van der Waals surface area contributed by atoms with Crippen molar-refractivity contribution in [2.75, 3.05) is 13.6 Å². The maximum absolute atomic E-state index is 12.8. The zero-order valence-corrected chi connectivity index (χ0v) is 17.2. The Balaban J connectivity index is 1.51. The predicted octanol–water partition coefficient (Wildman–Crippen LogP) is 2.10. The molecule has 0 radical (unpaired) electrons. The summed E-state index contributed by atoms with van der Waals surface area (Å²) in [5.41, 5.74) is 4.94. The smallest absolute Gasteiger partial charge is 0.325 e. The maximum Gasteiger partial charge on any atom is 0.325 e. The van der Waals surface area contributed by atoms with E-state index in [-0.39, 0.29) is 5.91 Å². The Morgan fingerprint density at radius 1 is 1.10 bits per heavy atom. The first kappa shape index (κ1) is 18.7. The lowest BCUT2D eigenvalue weighted by Crippen LogP contribution is -2.64. The van der Waals surface area contributed by atoms with Crippen LogP contribution in [0.5, 0.6) is 0 Å². The number of benzene rings is 2. The molecule has 0 aliphatic carbocycles. The number of nitrogens with one attached hydrogen (secondary N) is 1. The average molecular weight is 403 g/mol. The number of aryl methyl sites for hydroxylation is 1.